The van der Waals surface area contributed by atoms with E-state index >= 15 is 0 Å². The summed E-state index contributed by atoms with van der Waals surface area (Å²) in [6.07, 6.45) is -4.50. The Bertz CT molecular complexity index is 947. The smallest absolute Gasteiger partial charge is 0.324 e. The minimum atomic E-state index is -4.50. The predicted molar refractivity (Wildman–Crippen MR) is 92.6 cm³/mol. The van der Waals surface area contributed by atoms with E-state index < -0.39 is 11.9 Å². The van der Waals surface area contributed by atoms with Crippen molar-refractivity contribution in [3.05, 3.63) is 35.3 Å². The maximum absolute atomic E-state index is 13.0. The van der Waals surface area contributed by atoms with Gasteiger partial charge in [0.2, 0.25) is 0 Å². The highest BCUT2D eigenvalue weighted by atomic mass is 32.2. The fraction of sp³-hybridized carbons (Fsp3) is 0.353. The summed E-state index contributed by atoms with van der Waals surface area (Å²) in [5, 5.41) is 0. The van der Waals surface area contributed by atoms with Crippen LogP contribution in [0, 0.1) is 13.8 Å². The molecule has 0 unspecified atom stereocenters. The molecule has 0 saturated heterocycles. The molecule has 3 aromatic rings. The molecule has 3 aromatic heterocycles. The Balaban J connectivity index is 2.27. The molecule has 0 amide bonds. The first-order chi connectivity index (χ1) is 11.7. The Hall–Kier alpha value is -2.09. The Labute approximate surface area is 147 Å². The number of hydrogen-bond acceptors (Lipinski definition) is 4. The lowest BCUT2D eigenvalue weighted by molar-refractivity contribution is -0.141. The second-order valence-electron chi connectivity index (χ2n) is 5.69. The molecule has 3 rings (SSSR count). The van der Waals surface area contributed by atoms with Crippen molar-refractivity contribution in [2.24, 2.45) is 7.05 Å². The summed E-state index contributed by atoms with van der Waals surface area (Å²) in [5.74, 6) is 1.40. The van der Waals surface area contributed by atoms with E-state index in [-0.39, 0.29) is 5.52 Å². The fourth-order valence-corrected chi connectivity index (χ4v) is 3.53. The van der Waals surface area contributed by atoms with Gasteiger partial charge in [0.25, 0.3) is 0 Å². The molecule has 0 aliphatic rings. The van der Waals surface area contributed by atoms with Crippen molar-refractivity contribution in [2.45, 2.75) is 31.8 Å². The van der Waals surface area contributed by atoms with Gasteiger partial charge >= 0.3 is 6.18 Å². The van der Waals surface area contributed by atoms with Crippen molar-refractivity contribution in [1.29, 1.82) is 0 Å². The molecule has 0 aliphatic carbocycles. The monoisotopic (exact) mass is 366 g/mol. The van der Waals surface area contributed by atoms with Crippen molar-refractivity contribution in [3.8, 4) is 11.5 Å². The summed E-state index contributed by atoms with van der Waals surface area (Å²) in [4.78, 5) is 13.7. The van der Waals surface area contributed by atoms with E-state index in [0.29, 0.717) is 22.7 Å². The van der Waals surface area contributed by atoms with Crippen LogP contribution in [0.4, 0.5) is 13.2 Å². The first-order valence-electron chi connectivity index (χ1n) is 7.74. The number of hydrogen-bond donors (Lipinski definition) is 0. The minimum Gasteiger partial charge on any atom is -0.324 e. The van der Waals surface area contributed by atoms with Crippen LogP contribution in [0.15, 0.2) is 23.1 Å². The van der Waals surface area contributed by atoms with Crippen LogP contribution in [-0.2, 0) is 13.2 Å². The molecule has 0 bridgehead atoms. The summed E-state index contributed by atoms with van der Waals surface area (Å²) in [5.41, 5.74) is 1.73. The van der Waals surface area contributed by atoms with Gasteiger partial charge in [-0.15, -0.1) is 11.8 Å². The lowest BCUT2D eigenvalue weighted by Gasteiger charge is -2.09. The van der Waals surface area contributed by atoms with Crippen molar-refractivity contribution < 1.29 is 13.2 Å². The van der Waals surface area contributed by atoms with Gasteiger partial charge in [0, 0.05) is 17.6 Å². The van der Waals surface area contributed by atoms with Gasteiger partial charge in [0.1, 0.15) is 11.4 Å². The average Bonchev–Trinajstić information content (AvgIpc) is 2.86. The molecular weight excluding hydrogens is 349 g/mol. The normalized spacial score (nSPS) is 12.1. The van der Waals surface area contributed by atoms with Crippen molar-refractivity contribution in [1.82, 2.24) is 19.5 Å². The zero-order valence-electron chi connectivity index (χ0n) is 14.3. The first kappa shape index (κ1) is 17.7. The van der Waals surface area contributed by atoms with Gasteiger partial charge in [0.15, 0.2) is 5.82 Å². The van der Waals surface area contributed by atoms with Crippen LogP contribution in [-0.4, -0.2) is 25.3 Å². The van der Waals surface area contributed by atoms with Gasteiger partial charge in [0.05, 0.1) is 16.7 Å². The summed E-state index contributed by atoms with van der Waals surface area (Å²) in [7, 11) is 1.77. The number of imidazole rings is 1. The highest BCUT2D eigenvalue weighted by Crippen LogP contribution is 2.34. The van der Waals surface area contributed by atoms with Gasteiger partial charge in [-0.1, -0.05) is 6.92 Å². The third-order valence-corrected chi connectivity index (χ3v) is 4.76. The standard InChI is InChI=1S/C17H17F3N4S/c1-5-25-12-7-6-9(2)21-14(12)16-23-11-8-13(17(18,19)20)22-10(3)15(11)24(16)4/h6-8H,5H2,1-4H3. The molecule has 0 saturated carbocycles. The van der Waals surface area contributed by atoms with Crippen LogP contribution in [0.25, 0.3) is 22.6 Å². The fourth-order valence-electron chi connectivity index (χ4n) is 2.78. The number of fused-ring (bicyclic) bond motifs is 1. The van der Waals surface area contributed by atoms with Crippen molar-refractivity contribution in [2.75, 3.05) is 5.75 Å². The number of rotatable bonds is 3. The van der Waals surface area contributed by atoms with Gasteiger partial charge < -0.3 is 4.57 Å². The van der Waals surface area contributed by atoms with Gasteiger partial charge in [-0.2, -0.15) is 13.2 Å². The van der Waals surface area contributed by atoms with E-state index in [1.807, 2.05) is 26.0 Å². The third-order valence-electron chi connectivity index (χ3n) is 3.83. The van der Waals surface area contributed by atoms with E-state index in [0.717, 1.165) is 22.4 Å². The van der Waals surface area contributed by atoms with Crippen molar-refractivity contribution >= 4 is 22.8 Å². The third kappa shape index (κ3) is 3.22. The number of aryl methyl sites for hydroxylation is 3. The average molecular weight is 366 g/mol. The quantitative estimate of drug-likeness (QED) is 0.626. The lowest BCUT2D eigenvalue weighted by Crippen LogP contribution is -2.09. The molecule has 4 nitrogen and oxygen atoms in total. The maximum atomic E-state index is 13.0. The SMILES string of the molecule is CCSc1ccc(C)nc1-c1nc2cc(C(F)(F)F)nc(C)c2n1C. The van der Waals surface area contributed by atoms with Gasteiger partial charge in [-0.05, 0) is 37.8 Å². The predicted octanol–water partition coefficient (Wildman–Crippen LogP) is 4.78. The summed E-state index contributed by atoms with van der Waals surface area (Å²) >= 11 is 1.62. The second kappa shape index (κ2) is 6.33. The molecule has 0 radical (unpaired) electrons. The Morgan fingerprint density at radius 3 is 2.48 bits per heavy atom. The van der Waals surface area contributed by atoms with E-state index in [1.54, 1.807) is 30.3 Å². The molecule has 132 valence electrons. The Morgan fingerprint density at radius 2 is 1.84 bits per heavy atom. The Morgan fingerprint density at radius 1 is 1.12 bits per heavy atom. The molecule has 0 N–H and O–H groups in total. The first-order valence-corrected chi connectivity index (χ1v) is 8.73. The van der Waals surface area contributed by atoms with Crippen LogP contribution >= 0.6 is 11.8 Å². The molecule has 0 aromatic carbocycles. The zero-order valence-corrected chi connectivity index (χ0v) is 15.1. The largest absolute Gasteiger partial charge is 0.433 e. The highest BCUT2D eigenvalue weighted by Gasteiger charge is 2.34. The van der Waals surface area contributed by atoms with Crippen LogP contribution in [0.2, 0.25) is 0 Å². The lowest BCUT2D eigenvalue weighted by atomic mass is 10.2. The van der Waals surface area contributed by atoms with Crippen LogP contribution in [0.3, 0.4) is 0 Å². The molecule has 25 heavy (non-hydrogen) atoms. The zero-order chi connectivity index (χ0) is 18.4. The number of pyridine rings is 2. The number of thioether (sulfide) groups is 1. The molecule has 8 heteroatoms. The van der Waals surface area contributed by atoms with E-state index in [9.17, 15) is 13.2 Å². The van der Waals surface area contributed by atoms with Crippen LogP contribution in [0.1, 0.15) is 24.0 Å². The molecule has 0 fully saturated rings. The number of nitrogens with zero attached hydrogens (tertiary/aromatic N) is 4. The number of aromatic nitrogens is 4. The summed E-state index contributed by atoms with van der Waals surface area (Å²) in [6.45, 7) is 5.47. The summed E-state index contributed by atoms with van der Waals surface area (Å²) < 4.78 is 40.9. The van der Waals surface area contributed by atoms with Crippen LogP contribution in [0.5, 0.6) is 0 Å². The van der Waals surface area contributed by atoms with E-state index in [1.165, 1.54) is 0 Å². The van der Waals surface area contributed by atoms with E-state index in [4.69, 9.17) is 0 Å². The molecule has 0 aliphatic heterocycles. The molecule has 0 spiro atoms. The van der Waals surface area contributed by atoms with Gasteiger partial charge in [-0.25, -0.2) is 15.0 Å². The molecule has 3 heterocycles. The van der Waals surface area contributed by atoms with Crippen LogP contribution < -0.4 is 0 Å². The highest BCUT2D eigenvalue weighted by molar-refractivity contribution is 7.99. The molecule has 0 atom stereocenters. The topological polar surface area (TPSA) is 43.6 Å². The summed E-state index contributed by atoms with van der Waals surface area (Å²) in [6, 6.07) is 4.88. The van der Waals surface area contributed by atoms with E-state index in [2.05, 4.69) is 15.0 Å². The van der Waals surface area contributed by atoms with Crippen molar-refractivity contribution in [3.63, 3.8) is 0 Å². The number of alkyl halides is 3. The van der Waals surface area contributed by atoms with Gasteiger partial charge in [-0.3, -0.25) is 0 Å². The Kier molecular flexibility index (Phi) is 4.49. The second-order valence-corrected chi connectivity index (χ2v) is 6.99. The molecular formula is C17H17F3N4S. The minimum absolute atomic E-state index is 0.271. The number of halogens is 3. The maximum Gasteiger partial charge on any atom is 0.433 e.